The van der Waals surface area contributed by atoms with Crippen molar-refractivity contribution in [1.82, 2.24) is 9.55 Å². The summed E-state index contributed by atoms with van der Waals surface area (Å²) in [5.74, 6) is 0.899. The molecule has 1 aromatic heterocycles. The number of carbonyl (C=O) groups is 1. The first-order valence-corrected chi connectivity index (χ1v) is 10.2. The topological polar surface area (TPSA) is 55.1 Å². The quantitative estimate of drug-likeness (QED) is 0.738. The summed E-state index contributed by atoms with van der Waals surface area (Å²) in [4.78, 5) is 16.2. The van der Waals surface area contributed by atoms with E-state index >= 15 is 0 Å². The monoisotopic (exact) mass is 356 g/mol. The molecule has 0 spiro atoms. The third-order valence-electron chi connectivity index (χ3n) is 6.15. The lowest BCUT2D eigenvalue weighted by Gasteiger charge is -2.27. The zero-order valence-electron chi connectivity index (χ0n) is 16.4. The molecular formula is C22H32N2O2. The van der Waals surface area contributed by atoms with Crippen LogP contribution in [0.15, 0.2) is 18.2 Å². The molecule has 142 valence electrons. The molecule has 0 aliphatic heterocycles. The Bertz CT molecular complexity index is 768. The number of hydrogen-bond donors (Lipinski definition) is 1. The summed E-state index contributed by atoms with van der Waals surface area (Å²) in [6, 6.07) is 5.38. The van der Waals surface area contributed by atoms with Gasteiger partial charge in [-0.3, -0.25) is 0 Å². The summed E-state index contributed by atoms with van der Waals surface area (Å²) in [6.07, 6.45) is 10.3. The van der Waals surface area contributed by atoms with Crippen LogP contribution in [0.3, 0.4) is 0 Å². The highest BCUT2D eigenvalue weighted by Crippen LogP contribution is 2.32. The number of imidazole rings is 1. The number of hydrogen-bond acceptors (Lipinski definition) is 2. The molecule has 0 radical (unpaired) electrons. The SMILES string of the molecule is CCC(C)(C)c1nc2cc(C(=O)O)ccc2n1CC1CCCCCCC1. The highest BCUT2D eigenvalue weighted by molar-refractivity contribution is 5.92. The molecule has 0 saturated heterocycles. The van der Waals surface area contributed by atoms with Crippen molar-refractivity contribution in [3.63, 3.8) is 0 Å². The molecule has 1 N–H and O–H groups in total. The van der Waals surface area contributed by atoms with Crippen molar-refractivity contribution in [3.8, 4) is 0 Å². The van der Waals surface area contributed by atoms with E-state index in [-0.39, 0.29) is 5.41 Å². The lowest BCUT2D eigenvalue weighted by molar-refractivity contribution is 0.0697. The molecule has 0 bridgehead atoms. The molecule has 4 nitrogen and oxygen atoms in total. The molecule has 1 fully saturated rings. The van der Waals surface area contributed by atoms with E-state index in [0.717, 1.165) is 29.8 Å². The first kappa shape index (κ1) is 18.9. The van der Waals surface area contributed by atoms with Crippen molar-refractivity contribution in [2.24, 2.45) is 5.92 Å². The maximum atomic E-state index is 11.3. The molecule has 0 atom stereocenters. The van der Waals surface area contributed by atoms with Gasteiger partial charge in [-0.05, 0) is 43.4 Å². The number of rotatable bonds is 5. The second kappa shape index (κ2) is 7.81. The van der Waals surface area contributed by atoms with E-state index in [1.54, 1.807) is 12.1 Å². The van der Waals surface area contributed by atoms with Crippen LogP contribution in [0.2, 0.25) is 0 Å². The molecule has 2 aromatic rings. The van der Waals surface area contributed by atoms with Crippen LogP contribution in [0.1, 0.15) is 88.3 Å². The van der Waals surface area contributed by atoms with Gasteiger partial charge in [-0.15, -0.1) is 0 Å². The minimum atomic E-state index is -0.891. The number of carboxylic acid groups (broad SMARTS) is 1. The number of benzene rings is 1. The van der Waals surface area contributed by atoms with E-state index in [2.05, 4.69) is 25.3 Å². The van der Waals surface area contributed by atoms with Crippen molar-refractivity contribution in [2.75, 3.05) is 0 Å². The molecule has 1 saturated carbocycles. The average Bonchev–Trinajstić information content (AvgIpc) is 2.95. The molecule has 26 heavy (non-hydrogen) atoms. The van der Waals surface area contributed by atoms with Crippen LogP contribution in [0, 0.1) is 5.92 Å². The Morgan fingerprint density at radius 2 is 1.85 bits per heavy atom. The fourth-order valence-corrected chi connectivity index (χ4v) is 4.10. The molecule has 1 aliphatic rings. The Morgan fingerprint density at radius 3 is 2.46 bits per heavy atom. The highest BCUT2D eigenvalue weighted by Gasteiger charge is 2.27. The predicted octanol–water partition coefficient (Wildman–Crippen LogP) is 5.78. The van der Waals surface area contributed by atoms with E-state index in [1.807, 2.05) is 6.07 Å². The van der Waals surface area contributed by atoms with Crippen LogP contribution in [-0.4, -0.2) is 20.6 Å². The highest BCUT2D eigenvalue weighted by atomic mass is 16.4. The molecule has 0 unspecified atom stereocenters. The molecule has 0 amide bonds. The first-order valence-electron chi connectivity index (χ1n) is 10.2. The van der Waals surface area contributed by atoms with Gasteiger partial charge in [0, 0.05) is 12.0 Å². The minimum Gasteiger partial charge on any atom is -0.478 e. The van der Waals surface area contributed by atoms with Gasteiger partial charge < -0.3 is 9.67 Å². The van der Waals surface area contributed by atoms with Gasteiger partial charge in [-0.25, -0.2) is 9.78 Å². The summed E-state index contributed by atoms with van der Waals surface area (Å²) in [7, 11) is 0. The maximum Gasteiger partial charge on any atom is 0.335 e. The van der Waals surface area contributed by atoms with Crippen molar-refractivity contribution in [2.45, 2.75) is 84.1 Å². The lowest BCUT2D eigenvalue weighted by Crippen LogP contribution is -2.24. The predicted molar refractivity (Wildman–Crippen MR) is 106 cm³/mol. The van der Waals surface area contributed by atoms with Crippen molar-refractivity contribution in [1.29, 1.82) is 0 Å². The van der Waals surface area contributed by atoms with Crippen LogP contribution >= 0.6 is 0 Å². The van der Waals surface area contributed by atoms with Gasteiger partial charge in [0.2, 0.25) is 0 Å². The van der Waals surface area contributed by atoms with Gasteiger partial charge in [-0.1, -0.05) is 52.9 Å². The van der Waals surface area contributed by atoms with Crippen LogP contribution in [0.4, 0.5) is 0 Å². The minimum absolute atomic E-state index is 0.0238. The number of aromatic carboxylic acids is 1. The zero-order valence-corrected chi connectivity index (χ0v) is 16.4. The molecule has 4 heteroatoms. The van der Waals surface area contributed by atoms with Gasteiger partial charge in [0.1, 0.15) is 5.82 Å². The smallest absolute Gasteiger partial charge is 0.335 e. The van der Waals surface area contributed by atoms with Crippen LogP contribution in [0.25, 0.3) is 11.0 Å². The number of carboxylic acids is 1. The molecular weight excluding hydrogens is 324 g/mol. The summed E-state index contributed by atoms with van der Waals surface area (Å²) in [5, 5.41) is 9.31. The Labute approximate surface area is 156 Å². The van der Waals surface area contributed by atoms with Gasteiger partial charge in [0.15, 0.2) is 0 Å². The standard InChI is InChI=1S/C22H32N2O2/c1-4-22(2,3)21-23-18-14-17(20(25)26)12-13-19(18)24(21)15-16-10-8-6-5-7-9-11-16/h12-14,16H,4-11,15H2,1-3H3,(H,25,26). The number of fused-ring (bicyclic) bond motifs is 1. The normalized spacial score (nSPS) is 17.2. The lowest BCUT2D eigenvalue weighted by atomic mass is 9.88. The second-order valence-electron chi connectivity index (χ2n) is 8.50. The summed E-state index contributed by atoms with van der Waals surface area (Å²) < 4.78 is 2.39. The van der Waals surface area contributed by atoms with E-state index < -0.39 is 5.97 Å². The molecule has 1 heterocycles. The van der Waals surface area contributed by atoms with Crippen molar-refractivity contribution < 1.29 is 9.90 Å². The Morgan fingerprint density at radius 1 is 1.19 bits per heavy atom. The van der Waals surface area contributed by atoms with Gasteiger partial charge in [0.05, 0.1) is 16.6 Å². The Balaban J connectivity index is 2.02. The number of nitrogens with zero attached hydrogens (tertiary/aromatic N) is 2. The largest absolute Gasteiger partial charge is 0.478 e. The third-order valence-corrected chi connectivity index (χ3v) is 6.15. The van der Waals surface area contributed by atoms with E-state index in [9.17, 15) is 9.90 Å². The van der Waals surface area contributed by atoms with Crippen LogP contribution in [-0.2, 0) is 12.0 Å². The Kier molecular flexibility index (Phi) is 5.69. The van der Waals surface area contributed by atoms with Gasteiger partial charge >= 0.3 is 5.97 Å². The number of aromatic nitrogens is 2. The molecule has 3 rings (SSSR count). The molecule has 1 aliphatic carbocycles. The van der Waals surface area contributed by atoms with Crippen molar-refractivity contribution in [3.05, 3.63) is 29.6 Å². The van der Waals surface area contributed by atoms with Crippen LogP contribution in [0.5, 0.6) is 0 Å². The average molecular weight is 357 g/mol. The third kappa shape index (κ3) is 3.94. The summed E-state index contributed by atoms with van der Waals surface area (Å²) in [6.45, 7) is 7.67. The van der Waals surface area contributed by atoms with Crippen molar-refractivity contribution >= 4 is 17.0 Å². The second-order valence-corrected chi connectivity index (χ2v) is 8.50. The zero-order chi connectivity index (χ0) is 18.7. The maximum absolute atomic E-state index is 11.3. The Hall–Kier alpha value is -1.84. The molecule has 1 aromatic carbocycles. The van der Waals surface area contributed by atoms with Crippen LogP contribution < -0.4 is 0 Å². The fourth-order valence-electron chi connectivity index (χ4n) is 4.10. The summed E-state index contributed by atoms with van der Waals surface area (Å²) in [5.41, 5.74) is 2.18. The van der Waals surface area contributed by atoms with Gasteiger partial charge in [-0.2, -0.15) is 0 Å². The van der Waals surface area contributed by atoms with E-state index in [4.69, 9.17) is 4.98 Å². The summed E-state index contributed by atoms with van der Waals surface area (Å²) >= 11 is 0. The fraction of sp³-hybridized carbons (Fsp3) is 0.636. The van der Waals surface area contributed by atoms with E-state index in [1.165, 1.54) is 44.9 Å². The van der Waals surface area contributed by atoms with Gasteiger partial charge in [0.25, 0.3) is 0 Å². The van der Waals surface area contributed by atoms with E-state index in [0.29, 0.717) is 11.5 Å². The first-order chi connectivity index (χ1) is 12.4.